The highest BCUT2D eigenvalue weighted by molar-refractivity contribution is 5.69. The van der Waals surface area contributed by atoms with Gasteiger partial charge in [0.15, 0.2) is 0 Å². The Bertz CT molecular complexity index is 480. The topological polar surface area (TPSA) is 40.5 Å². The maximum Gasteiger partial charge on any atom is 0.303 e. The van der Waals surface area contributed by atoms with Crippen molar-refractivity contribution in [2.45, 2.75) is 38.5 Å². The SMILES string of the molecule is O=C(O)CCc1cccc2c1N(CC1CCC1)CC2. The van der Waals surface area contributed by atoms with Crippen LogP contribution in [0.3, 0.4) is 0 Å². The Labute approximate surface area is 114 Å². The van der Waals surface area contributed by atoms with Gasteiger partial charge in [0.05, 0.1) is 0 Å². The summed E-state index contributed by atoms with van der Waals surface area (Å²) in [6.45, 7) is 2.27. The first-order valence-corrected chi connectivity index (χ1v) is 7.31. The van der Waals surface area contributed by atoms with Gasteiger partial charge in [-0.2, -0.15) is 0 Å². The number of rotatable bonds is 5. The molecule has 1 aromatic rings. The summed E-state index contributed by atoms with van der Waals surface area (Å²) in [5.41, 5.74) is 3.97. The molecule has 0 aromatic heterocycles. The largest absolute Gasteiger partial charge is 0.481 e. The number of fused-ring (bicyclic) bond motifs is 1. The second-order valence-corrected chi connectivity index (χ2v) is 5.81. The summed E-state index contributed by atoms with van der Waals surface area (Å²) in [5.74, 6) is 0.152. The number of hydrogen-bond acceptors (Lipinski definition) is 2. The monoisotopic (exact) mass is 259 g/mol. The van der Waals surface area contributed by atoms with E-state index < -0.39 is 5.97 Å². The van der Waals surface area contributed by atoms with Crippen LogP contribution in [0.4, 0.5) is 5.69 Å². The molecule has 0 unspecified atom stereocenters. The fourth-order valence-electron chi connectivity index (χ4n) is 3.23. The molecule has 0 radical (unpaired) electrons. The maximum atomic E-state index is 10.8. The molecule has 3 heteroatoms. The number of anilines is 1. The van der Waals surface area contributed by atoms with Gasteiger partial charge in [0, 0.05) is 25.2 Å². The third-order valence-corrected chi connectivity index (χ3v) is 4.48. The van der Waals surface area contributed by atoms with E-state index in [1.165, 1.54) is 36.1 Å². The minimum Gasteiger partial charge on any atom is -0.481 e. The molecule has 0 spiro atoms. The Morgan fingerprint density at radius 3 is 2.89 bits per heavy atom. The normalized spacial score (nSPS) is 18.2. The van der Waals surface area contributed by atoms with Crippen molar-refractivity contribution in [2.24, 2.45) is 5.92 Å². The molecule has 3 nitrogen and oxygen atoms in total. The van der Waals surface area contributed by atoms with E-state index in [1.54, 1.807) is 0 Å². The molecule has 0 amide bonds. The third kappa shape index (κ3) is 2.60. The lowest BCUT2D eigenvalue weighted by Crippen LogP contribution is -2.31. The molecule has 1 N–H and O–H groups in total. The Balaban J connectivity index is 1.78. The lowest BCUT2D eigenvalue weighted by molar-refractivity contribution is -0.136. The van der Waals surface area contributed by atoms with Crippen molar-refractivity contribution in [3.63, 3.8) is 0 Å². The van der Waals surface area contributed by atoms with E-state index in [0.29, 0.717) is 6.42 Å². The summed E-state index contributed by atoms with van der Waals surface area (Å²) in [7, 11) is 0. The number of aryl methyl sites for hydroxylation is 1. The predicted molar refractivity (Wildman–Crippen MR) is 75.7 cm³/mol. The van der Waals surface area contributed by atoms with Gasteiger partial charge in [-0.05, 0) is 42.7 Å². The number of nitrogens with zero attached hydrogens (tertiary/aromatic N) is 1. The third-order valence-electron chi connectivity index (χ3n) is 4.48. The standard InChI is InChI=1S/C16H21NO2/c18-15(19)8-7-13-5-2-6-14-9-10-17(16(13)14)11-12-3-1-4-12/h2,5-6,12H,1,3-4,7-11H2,(H,18,19). The molecule has 1 heterocycles. The Hall–Kier alpha value is -1.51. The van der Waals surface area contributed by atoms with Crippen LogP contribution in [0.5, 0.6) is 0 Å². The van der Waals surface area contributed by atoms with Crippen LogP contribution in [0.2, 0.25) is 0 Å². The van der Waals surface area contributed by atoms with E-state index in [4.69, 9.17) is 5.11 Å². The summed E-state index contributed by atoms with van der Waals surface area (Å²) in [6.07, 6.45) is 6.11. The van der Waals surface area contributed by atoms with Crippen molar-refractivity contribution in [3.05, 3.63) is 29.3 Å². The second kappa shape index (κ2) is 5.24. The average Bonchev–Trinajstić information content (AvgIpc) is 2.75. The molecule has 3 rings (SSSR count). The van der Waals surface area contributed by atoms with Gasteiger partial charge in [-0.15, -0.1) is 0 Å². The van der Waals surface area contributed by atoms with Gasteiger partial charge in [-0.25, -0.2) is 0 Å². The van der Waals surface area contributed by atoms with Gasteiger partial charge in [0.25, 0.3) is 0 Å². The van der Waals surface area contributed by atoms with Crippen molar-refractivity contribution >= 4 is 11.7 Å². The quantitative estimate of drug-likeness (QED) is 0.884. The molecule has 1 aliphatic carbocycles. The van der Waals surface area contributed by atoms with Crippen LogP contribution in [-0.2, 0) is 17.6 Å². The van der Waals surface area contributed by atoms with E-state index in [-0.39, 0.29) is 6.42 Å². The van der Waals surface area contributed by atoms with Crippen LogP contribution in [0.25, 0.3) is 0 Å². The Kier molecular flexibility index (Phi) is 3.45. The molecule has 2 aliphatic rings. The first kappa shape index (κ1) is 12.5. The zero-order valence-electron chi connectivity index (χ0n) is 11.3. The van der Waals surface area contributed by atoms with Crippen molar-refractivity contribution in [1.82, 2.24) is 0 Å². The lowest BCUT2D eigenvalue weighted by Gasteiger charge is -2.32. The zero-order chi connectivity index (χ0) is 13.2. The van der Waals surface area contributed by atoms with Crippen molar-refractivity contribution in [1.29, 1.82) is 0 Å². The molecule has 102 valence electrons. The minimum atomic E-state index is -0.707. The lowest BCUT2D eigenvalue weighted by atomic mass is 9.85. The van der Waals surface area contributed by atoms with Gasteiger partial charge in [0.2, 0.25) is 0 Å². The molecule has 1 saturated carbocycles. The molecule has 0 atom stereocenters. The number of carbonyl (C=O) groups is 1. The number of carboxylic acids is 1. The van der Waals surface area contributed by atoms with E-state index in [1.807, 2.05) is 0 Å². The number of para-hydroxylation sites is 1. The molecular formula is C16H21NO2. The molecular weight excluding hydrogens is 238 g/mol. The Morgan fingerprint density at radius 1 is 1.37 bits per heavy atom. The summed E-state index contributed by atoms with van der Waals surface area (Å²) in [5, 5.41) is 8.87. The number of benzene rings is 1. The summed E-state index contributed by atoms with van der Waals surface area (Å²) >= 11 is 0. The summed E-state index contributed by atoms with van der Waals surface area (Å²) < 4.78 is 0. The van der Waals surface area contributed by atoms with Gasteiger partial charge in [0.1, 0.15) is 0 Å². The highest BCUT2D eigenvalue weighted by atomic mass is 16.4. The molecule has 1 aliphatic heterocycles. The van der Waals surface area contributed by atoms with Crippen LogP contribution in [0.15, 0.2) is 18.2 Å². The summed E-state index contributed by atoms with van der Waals surface area (Å²) in [6, 6.07) is 6.37. The molecule has 1 fully saturated rings. The summed E-state index contributed by atoms with van der Waals surface area (Å²) in [4.78, 5) is 13.3. The van der Waals surface area contributed by atoms with Gasteiger partial charge < -0.3 is 10.0 Å². The minimum absolute atomic E-state index is 0.230. The first-order chi connectivity index (χ1) is 9.24. The second-order valence-electron chi connectivity index (χ2n) is 5.81. The molecule has 1 aromatic carbocycles. The van der Waals surface area contributed by atoms with Crippen molar-refractivity contribution < 1.29 is 9.90 Å². The number of hydrogen-bond donors (Lipinski definition) is 1. The highest BCUT2D eigenvalue weighted by Crippen LogP contribution is 2.36. The maximum absolute atomic E-state index is 10.8. The average molecular weight is 259 g/mol. The van der Waals surface area contributed by atoms with E-state index >= 15 is 0 Å². The van der Waals surface area contributed by atoms with Crippen LogP contribution in [-0.4, -0.2) is 24.2 Å². The number of aliphatic carboxylic acids is 1. The highest BCUT2D eigenvalue weighted by Gasteiger charge is 2.27. The van der Waals surface area contributed by atoms with Gasteiger partial charge >= 0.3 is 5.97 Å². The van der Waals surface area contributed by atoms with Gasteiger partial charge in [-0.3, -0.25) is 4.79 Å². The predicted octanol–water partition coefficient (Wildman–Crippen LogP) is 2.87. The van der Waals surface area contributed by atoms with E-state index in [2.05, 4.69) is 23.1 Å². The van der Waals surface area contributed by atoms with E-state index in [9.17, 15) is 4.79 Å². The van der Waals surface area contributed by atoms with Crippen LogP contribution >= 0.6 is 0 Å². The zero-order valence-corrected chi connectivity index (χ0v) is 11.3. The fraction of sp³-hybridized carbons (Fsp3) is 0.562. The van der Waals surface area contributed by atoms with Gasteiger partial charge in [-0.1, -0.05) is 24.6 Å². The van der Waals surface area contributed by atoms with Crippen LogP contribution in [0.1, 0.15) is 36.8 Å². The first-order valence-electron chi connectivity index (χ1n) is 7.31. The van der Waals surface area contributed by atoms with E-state index in [0.717, 1.165) is 25.4 Å². The molecule has 0 saturated heterocycles. The number of carboxylic acid groups (broad SMARTS) is 1. The smallest absolute Gasteiger partial charge is 0.303 e. The molecule has 19 heavy (non-hydrogen) atoms. The van der Waals surface area contributed by atoms with Crippen LogP contribution < -0.4 is 4.90 Å². The fourth-order valence-corrected chi connectivity index (χ4v) is 3.23. The Morgan fingerprint density at radius 2 is 2.21 bits per heavy atom. The van der Waals surface area contributed by atoms with Crippen molar-refractivity contribution in [2.75, 3.05) is 18.0 Å². The molecule has 0 bridgehead atoms. The van der Waals surface area contributed by atoms with Crippen molar-refractivity contribution in [3.8, 4) is 0 Å². The van der Waals surface area contributed by atoms with Crippen LogP contribution in [0, 0.1) is 5.92 Å².